The Morgan fingerprint density at radius 1 is 1.35 bits per heavy atom. The van der Waals surface area contributed by atoms with Gasteiger partial charge < -0.3 is 9.88 Å². The molecule has 1 aliphatic heterocycles. The van der Waals surface area contributed by atoms with Gasteiger partial charge in [-0.25, -0.2) is 4.98 Å². The largest absolute Gasteiger partial charge is 0.344 e. The molecule has 0 bridgehead atoms. The summed E-state index contributed by atoms with van der Waals surface area (Å²) in [6.45, 7) is 3.44. The highest BCUT2D eigenvalue weighted by Crippen LogP contribution is 2.50. The lowest BCUT2D eigenvalue weighted by Gasteiger charge is -2.38. The summed E-state index contributed by atoms with van der Waals surface area (Å²) in [5.74, 6) is 0.513. The van der Waals surface area contributed by atoms with Gasteiger partial charge in [0.2, 0.25) is 5.28 Å². The van der Waals surface area contributed by atoms with Crippen LogP contribution in [0.25, 0.3) is 0 Å². The summed E-state index contributed by atoms with van der Waals surface area (Å²) in [5, 5.41) is 3.34. The van der Waals surface area contributed by atoms with Gasteiger partial charge >= 0.3 is 0 Å². The second kappa shape index (κ2) is 6.23. The number of hydrogen-bond donors (Lipinski definition) is 1. The fourth-order valence-corrected chi connectivity index (χ4v) is 4.22. The molecule has 0 saturated carbocycles. The van der Waals surface area contributed by atoms with Crippen molar-refractivity contribution < 1.29 is 4.57 Å². The molecule has 1 atom stereocenters. The number of para-hydroxylation sites is 2. The van der Waals surface area contributed by atoms with Gasteiger partial charge in [0.05, 0.1) is 15.8 Å². The minimum atomic E-state index is -2.61. The number of nitrogens with one attached hydrogen (secondary N) is 1. The van der Waals surface area contributed by atoms with Gasteiger partial charge in [-0.15, -0.1) is 0 Å². The second-order valence-electron chi connectivity index (χ2n) is 5.33. The van der Waals surface area contributed by atoms with Crippen molar-refractivity contribution in [3.8, 4) is 0 Å². The topological polar surface area (TPSA) is 70.5 Å². The molecular weight excluding hydrogens is 401 g/mol. The van der Waals surface area contributed by atoms with Crippen LogP contribution in [0.1, 0.15) is 0 Å². The van der Waals surface area contributed by atoms with Crippen molar-refractivity contribution in [2.45, 2.75) is 6.17 Å². The van der Waals surface area contributed by atoms with Gasteiger partial charge in [0.25, 0.3) is 0 Å². The molecule has 0 radical (unpaired) electrons. The number of rotatable bonds is 3. The first-order chi connectivity index (χ1) is 10.9. The zero-order valence-electron chi connectivity index (χ0n) is 12.4. The van der Waals surface area contributed by atoms with E-state index in [2.05, 4.69) is 36.2 Å². The van der Waals surface area contributed by atoms with E-state index in [1.165, 1.54) is 0 Å². The molecule has 2 aromatic rings. The highest BCUT2D eigenvalue weighted by atomic mass is 79.9. The van der Waals surface area contributed by atoms with Gasteiger partial charge in [-0.2, -0.15) is 4.98 Å². The quantitative estimate of drug-likeness (QED) is 0.596. The molecule has 9 heteroatoms. The SMILES string of the molecule is CP(C)(=O)N1c2ccccc2N=CC1Nc1nc(Cl)ncc1Br. The Morgan fingerprint density at radius 3 is 2.83 bits per heavy atom. The van der Waals surface area contributed by atoms with Gasteiger partial charge in [0.15, 0.2) is 7.29 Å². The molecule has 0 aliphatic carbocycles. The first kappa shape index (κ1) is 16.4. The first-order valence-corrected chi connectivity index (χ1v) is 10.5. The third-order valence-electron chi connectivity index (χ3n) is 3.27. The molecule has 3 rings (SSSR count). The first-order valence-electron chi connectivity index (χ1n) is 6.79. The maximum absolute atomic E-state index is 12.8. The third kappa shape index (κ3) is 3.42. The van der Waals surface area contributed by atoms with E-state index in [-0.39, 0.29) is 5.28 Å². The maximum Gasteiger partial charge on any atom is 0.224 e. The van der Waals surface area contributed by atoms with Crippen LogP contribution < -0.4 is 9.99 Å². The summed E-state index contributed by atoms with van der Waals surface area (Å²) in [6.07, 6.45) is 2.87. The molecule has 1 aromatic carbocycles. The van der Waals surface area contributed by atoms with E-state index in [1.54, 1.807) is 25.7 Å². The normalized spacial score (nSPS) is 17.0. The molecule has 1 N–H and O–H groups in total. The number of halogens is 2. The Morgan fingerprint density at radius 2 is 2.09 bits per heavy atom. The van der Waals surface area contributed by atoms with Crippen LogP contribution in [0.15, 0.2) is 39.9 Å². The molecule has 6 nitrogen and oxygen atoms in total. The average molecular weight is 415 g/mol. The molecule has 0 fully saturated rings. The van der Waals surface area contributed by atoms with Crippen LogP contribution >= 0.6 is 34.8 Å². The zero-order chi connectivity index (χ0) is 16.6. The van der Waals surface area contributed by atoms with Gasteiger partial charge in [-0.05, 0) is 39.7 Å². The lowest BCUT2D eigenvalue weighted by Crippen LogP contribution is -2.41. The molecule has 1 aliphatic rings. The van der Waals surface area contributed by atoms with Crippen molar-refractivity contribution in [3.05, 3.63) is 40.2 Å². The predicted molar refractivity (Wildman–Crippen MR) is 98.7 cm³/mol. The van der Waals surface area contributed by atoms with Crippen molar-refractivity contribution >= 4 is 58.2 Å². The zero-order valence-corrected chi connectivity index (χ0v) is 15.7. The molecule has 0 spiro atoms. The minimum absolute atomic E-state index is 0.131. The number of aromatic nitrogens is 2. The molecule has 1 unspecified atom stereocenters. The molecule has 1 aromatic heterocycles. The van der Waals surface area contributed by atoms with Crippen molar-refractivity contribution in [1.29, 1.82) is 0 Å². The van der Waals surface area contributed by atoms with Gasteiger partial charge in [0.1, 0.15) is 12.0 Å². The van der Waals surface area contributed by atoms with Crippen molar-refractivity contribution in [2.75, 3.05) is 23.3 Å². The smallest absolute Gasteiger partial charge is 0.224 e. The van der Waals surface area contributed by atoms with Crippen LogP contribution in [-0.4, -0.2) is 35.7 Å². The van der Waals surface area contributed by atoms with Crippen LogP contribution in [-0.2, 0) is 4.57 Å². The summed E-state index contributed by atoms with van der Waals surface area (Å²) in [6, 6.07) is 7.60. The number of benzene rings is 1. The second-order valence-corrected chi connectivity index (χ2v) is 9.54. The van der Waals surface area contributed by atoms with Gasteiger partial charge in [-0.3, -0.25) is 9.66 Å². The van der Waals surface area contributed by atoms with Crippen molar-refractivity contribution in [2.24, 2.45) is 4.99 Å². The lowest BCUT2D eigenvalue weighted by molar-refractivity contribution is 0.578. The Kier molecular flexibility index (Phi) is 4.45. The molecule has 120 valence electrons. The molecular formula is C14H14BrClN5OP. The monoisotopic (exact) mass is 413 g/mol. The highest BCUT2D eigenvalue weighted by molar-refractivity contribution is 9.10. The van der Waals surface area contributed by atoms with E-state index in [1.807, 2.05) is 28.9 Å². The van der Waals surface area contributed by atoms with Crippen LogP contribution in [0.5, 0.6) is 0 Å². The van der Waals surface area contributed by atoms with Crippen LogP contribution in [0.4, 0.5) is 17.2 Å². The van der Waals surface area contributed by atoms with Crippen LogP contribution in [0.2, 0.25) is 5.28 Å². The molecule has 0 amide bonds. The van der Waals surface area contributed by atoms with E-state index in [0.29, 0.717) is 10.3 Å². The van der Waals surface area contributed by atoms with E-state index >= 15 is 0 Å². The van der Waals surface area contributed by atoms with E-state index in [4.69, 9.17) is 11.6 Å². The average Bonchev–Trinajstić information content (AvgIpc) is 2.49. The van der Waals surface area contributed by atoms with E-state index < -0.39 is 13.5 Å². The van der Waals surface area contributed by atoms with Crippen LogP contribution in [0, 0.1) is 0 Å². The Hall–Kier alpha value is -1.43. The highest BCUT2D eigenvalue weighted by Gasteiger charge is 2.32. The molecule has 0 saturated heterocycles. The fraction of sp³-hybridized carbons (Fsp3) is 0.214. The van der Waals surface area contributed by atoms with Gasteiger partial charge in [-0.1, -0.05) is 12.1 Å². The number of hydrogen-bond acceptors (Lipinski definition) is 5. The maximum atomic E-state index is 12.8. The summed E-state index contributed by atoms with van der Waals surface area (Å²) in [4.78, 5) is 12.5. The third-order valence-corrected chi connectivity index (χ3v) is 5.53. The number of fused-ring (bicyclic) bond motifs is 1. The minimum Gasteiger partial charge on any atom is -0.344 e. The molecule has 2 heterocycles. The fourth-order valence-electron chi connectivity index (χ4n) is 2.38. The van der Waals surface area contributed by atoms with Crippen molar-refractivity contribution in [1.82, 2.24) is 9.97 Å². The van der Waals surface area contributed by atoms with Gasteiger partial charge in [0, 0.05) is 25.7 Å². The predicted octanol–water partition coefficient (Wildman–Crippen LogP) is 4.39. The number of nitrogens with zero attached hydrogens (tertiary/aromatic N) is 4. The lowest BCUT2D eigenvalue weighted by atomic mass is 10.2. The van der Waals surface area contributed by atoms with E-state index in [0.717, 1.165) is 11.4 Å². The summed E-state index contributed by atoms with van der Waals surface area (Å²) in [7, 11) is -2.61. The number of anilines is 2. The Balaban J connectivity index is 2.02. The Bertz CT molecular complexity index is 825. The molecule has 23 heavy (non-hydrogen) atoms. The summed E-state index contributed by atoms with van der Waals surface area (Å²) >= 11 is 9.24. The van der Waals surface area contributed by atoms with Crippen LogP contribution in [0.3, 0.4) is 0 Å². The number of aliphatic imine (C=N–C) groups is 1. The van der Waals surface area contributed by atoms with Crippen molar-refractivity contribution in [3.63, 3.8) is 0 Å². The summed E-state index contributed by atoms with van der Waals surface area (Å²) in [5.41, 5.74) is 1.60. The summed E-state index contributed by atoms with van der Waals surface area (Å²) < 4.78 is 15.3. The van der Waals surface area contributed by atoms with E-state index in [9.17, 15) is 4.57 Å². The Labute approximate surface area is 147 Å². The standard InChI is InChI=1S/C14H14BrClN5OP/c1-23(2,22)21-11-6-4-3-5-10(11)17-8-12(21)19-13-9(15)7-18-14(16)20-13/h3-8,12H,1-2H3,(H,18,19,20).